The summed E-state index contributed by atoms with van der Waals surface area (Å²) < 4.78 is 14.3. The molecule has 2 aliphatic rings. The molecular formula is C22H23N5O4. The fourth-order valence-corrected chi connectivity index (χ4v) is 4.21. The van der Waals surface area contributed by atoms with E-state index in [4.69, 9.17) is 9.47 Å². The van der Waals surface area contributed by atoms with E-state index in [1.165, 1.54) is 0 Å². The van der Waals surface area contributed by atoms with Crippen LogP contribution in [-0.2, 0) is 6.54 Å². The van der Waals surface area contributed by atoms with Crippen LogP contribution >= 0.6 is 0 Å². The molecule has 0 aliphatic carbocycles. The first-order valence-corrected chi connectivity index (χ1v) is 10.3. The number of aryl methyl sites for hydroxylation is 1. The van der Waals surface area contributed by atoms with Crippen LogP contribution in [0.25, 0.3) is 0 Å². The first-order chi connectivity index (χ1) is 15.1. The average Bonchev–Trinajstić information content (AvgIpc) is 3.47. The molecular weight excluding hydrogens is 398 g/mol. The number of piperidine rings is 1. The fraction of sp³-hybridized carbons (Fsp3) is 0.364. The molecule has 2 aromatic heterocycles. The molecule has 0 N–H and O–H groups in total. The van der Waals surface area contributed by atoms with E-state index in [9.17, 15) is 9.59 Å². The van der Waals surface area contributed by atoms with Crippen LogP contribution in [0.5, 0.6) is 11.5 Å². The van der Waals surface area contributed by atoms with E-state index >= 15 is 0 Å². The maximum atomic E-state index is 13.2. The highest BCUT2D eigenvalue weighted by Gasteiger charge is 2.27. The van der Waals surface area contributed by atoms with Gasteiger partial charge in [-0.2, -0.15) is 0 Å². The van der Waals surface area contributed by atoms with Crippen LogP contribution in [0.1, 0.15) is 40.4 Å². The van der Waals surface area contributed by atoms with Crippen molar-refractivity contribution >= 4 is 5.91 Å². The zero-order chi connectivity index (χ0) is 21.4. The van der Waals surface area contributed by atoms with Gasteiger partial charge in [0.15, 0.2) is 11.5 Å². The predicted octanol–water partition coefficient (Wildman–Crippen LogP) is 2.00. The molecule has 9 heteroatoms. The van der Waals surface area contributed by atoms with Gasteiger partial charge in [0.05, 0.1) is 6.54 Å². The molecule has 9 nitrogen and oxygen atoms in total. The van der Waals surface area contributed by atoms with E-state index in [-0.39, 0.29) is 29.9 Å². The number of ether oxygens (including phenoxy) is 2. The zero-order valence-electron chi connectivity index (χ0n) is 17.2. The molecule has 0 atom stereocenters. The second-order valence-electron chi connectivity index (χ2n) is 7.93. The quantitative estimate of drug-likeness (QED) is 0.640. The minimum absolute atomic E-state index is 0.204. The summed E-state index contributed by atoms with van der Waals surface area (Å²) in [5.74, 6) is 1.17. The third kappa shape index (κ3) is 3.67. The second-order valence-corrected chi connectivity index (χ2v) is 7.93. The lowest BCUT2D eigenvalue weighted by Gasteiger charge is -2.32. The average molecular weight is 421 g/mol. The maximum absolute atomic E-state index is 13.2. The molecule has 0 spiro atoms. The normalized spacial score (nSPS) is 16.0. The van der Waals surface area contributed by atoms with Crippen molar-refractivity contribution in [3.05, 3.63) is 70.2 Å². The van der Waals surface area contributed by atoms with E-state index in [0.717, 1.165) is 18.4 Å². The van der Waals surface area contributed by atoms with Crippen LogP contribution in [0, 0.1) is 6.92 Å². The third-order valence-electron chi connectivity index (χ3n) is 5.99. The van der Waals surface area contributed by atoms with Gasteiger partial charge in [0.1, 0.15) is 18.2 Å². The summed E-state index contributed by atoms with van der Waals surface area (Å²) >= 11 is 0. The molecule has 160 valence electrons. The third-order valence-corrected chi connectivity index (χ3v) is 5.99. The summed E-state index contributed by atoms with van der Waals surface area (Å²) in [6, 6.07) is 7.70. The first-order valence-electron chi connectivity index (χ1n) is 10.3. The Balaban J connectivity index is 1.35. The molecule has 1 aromatic carbocycles. The number of benzene rings is 1. The van der Waals surface area contributed by atoms with Crippen molar-refractivity contribution < 1.29 is 14.3 Å². The van der Waals surface area contributed by atoms with Crippen LogP contribution in [0.3, 0.4) is 0 Å². The smallest absolute Gasteiger partial charge is 0.263 e. The molecule has 31 heavy (non-hydrogen) atoms. The molecule has 1 amide bonds. The van der Waals surface area contributed by atoms with E-state index in [1.54, 1.807) is 28.3 Å². The predicted molar refractivity (Wildman–Crippen MR) is 111 cm³/mol. The van der Waals surface area contributed by atoms with Crippen molar-refractivity contribution in [2.45, 2.75) is 32.4 Å². The number of likely N-dealkylation sites (tertiary alicyclic amines) is 1. The van der Waals surface area contributed by atoms with Gasteiger partial charge >= 0.3 is 0 Å². The Hall–Kier alpha value is -3.62. The van der Waals surface area contributed by atoms with E-state index in [0.29, 0.717) is 36.7 Å². The van der Waals surface area contributed by atoms with Crippen molar-refractivity contribution in [2.75, 3.05) is 19.9 Å². The van der Waals surface area contributed by atoms with Gasteiger partial charge in [-0.25, -0.2) is 0 Å². The van der Waals surface area contributed by atoms with Gasteiger partial charge in [-0.3, -0.25) is 9.59 Å². The van der Waals surface area contributed by atoms with Crippen molar-refractivity contribution in [1.29, 1.82) is 0 Å². The topological polar surface area (TPSA) is 91.5 Å². The Morgan fingerprint density at radius 1 is 1.10 bits per heavy atom. The van der Waals surface area contributed by atoms with Gasteiger partial charge in [0, 0.05) is 25.3 Å². The van der Waals surface area contributed by atoms with Crippen LogP contribution in [0.4, 0.5) is 0 Å². The Morgan fingerprint density at radius 2 is 1.84 bits per heavy atom. The number of carbonyl (C=O) groups excluding carboxylic acids is 1. The molecule has 5 rings (SSSR count). The second kappa shape index (κ2) is 7.90. The van der Waals surface area contributed by atoms with Crippen LogP contribution in [0.15, 0.2) is 47.9 Å². The van der Waals surface area contributed by atoms with Gasteiger partial charge in [-0.15, -0.1) is 10.2 Å². The van der Waals surface area contributed by atoms with Gasteiger partial charge in [-0.05, 0) is 49.1 Å². The van der Waals surface area contributed by atoms with Crippen molar-refractivity contribution in [2.24, 2.45) is 0 Å². The maximum Gasteiger partial charge on any atom is 0.263 e. The molecule has 2 aliphatic heterocycles. The number of rotatable bonds is 4. The standard InChI is InChI=1S/C22H23N5O4/c1-15-4-7-26(11-16-2-3-18-19(10-16)31-14-30-18)22(29)20(15)21(28)25-8-5-17(6-9-25)27-12-23-24-13-27/h2-4,7,10,12-13,17H,5-6,8-9,11,14H2,1H3. The van der Waals surface area contributed by atoms with E-state index in [2.05, 4.69) is 10.2 Å². The molecule has 1 fully saturated rings. The number of fused-ring (bicyclic) bond motifs is 1. The molecule has 0 unspecified atom stereocenters. The number of nitrogens with zero attached hydrogens (tertiary/aromatic N) is 5. The Kier molecular flexibility index (Phi) is 4.93. The lowest BCUT2D eigenvalue weighted by Crippen LogP contribution is -2.42. The van der Waals surface area contributed by atoms with Gasteiger partial charge in [0.2, 0.25) is 6.79 Å². The van der Waals surface area contributed by atoms with Crippen LogP contribution < -0.4 is 15.0 Å². The number of hydrogen-bond donors (Lipinski definition) is 0. The minimum atomic E-state index is -0.274. The molecule has 1 saturated heterocycles. The molecule has 0 bridgehead atoms. The first kappa shape index (κ1) is 19.3. The lowest BCUT2D eigenvalue weighted by atomic mass is 10.0. The van der Waals surface area contributed by atoms with Gasteiger partial charge in [-0.1, -0.05) is 6.07 Å². The largest absolute Gasteiger partial charge is 0.454 e. The molecule has 4 heterocycles. The SMILES string of the molecule is Cc1ccn(Cc2ccc3c(c2)OCO3)c(=O)c1C(=O)N1CCC(n2cnnc2)CC1. The monoisotopic (exact) mass is 421 g/mol. The van der Waals surface area contributed by atoms with Crippen LogP contribution in [-0.4, -0.2) is 50.0 Å². The van der Waals surface area contributed by atoms with Crippen molar-refractivity contribution in [3.8, 4) is 11.5 Å². The highest BCUT2D eigenvalue weighted by Crippen LogP contribution is 2.32. The van der Waals surface area contributed by atoms with Crippen LogP contribution in [0.2, 0.25) is 0 Å². The number of carbonyl (C=O) groups is 1. The number of pyridine rings is 1. The summed E-state index contributed by atoms with van der Waals surface area (Å²) in [6.45, 7) is 3.56. The Bertz CT molecular complexity index is 1160. The summed E-state index contributed by atoms with van der Waals surface area (Å²) in [5, 5.41) is 7.72. The Labute approximate surface area is 178 Å². The molecule has 3 aromatic rings. The van der Waals surface area contributed by atoms with Gasteiger partial charge < -0.3 is 23.5 Å². The lowest BCUT2D eigenvalue weighted by molar-refractivity contribution is 0.0691. The zero-order valence-corrected chi connectivity index (χ0v) is 17.2. The number of hydrogen-bond acceptors (Lipinski definition) is 6. The van der Waals surface area contributed by atoms with Crippen molar-refractivity contribution in [3.63, 3.8) is 0 Å². The number of amides is 1. The molecule has 0 saturated carbocycles. The highest BCUT2D eigenvalue weighted by molar-refractivity contribution is 5.95. The minimum Gasteiger partial charge on any atom is -0.454 e. The summed E-state index contributed by atoms with van der Waals surface area (Å²) in [5.41, 5.74) is 1.57. The Morgan fingerprint density at radius 3 is 2.61 bits per heavy atom. The summed E-state index contributed by atoms with van der Waals surface area (Å²) in [6.07, 6.45) is 6.76. The number of aromatic nitrogens is 4. The van der Waals surface area contributed by atoms with Gasteiger partial charge in [0.25, 0.3) is 11.5 Å². The molecule has 0 radical (unpaired) electrons. The summed E-state index contributed by atoms with van der Waals surface area (Å²) in [7, 11) is 0. The fourth-order valence-electron chi connectivity index (χ4n) is 4.21. The highest BCUT2D eigenvalue weighted by atomic mass is 16.7. The van der Waals surface area contributed by atoms with E-state index in [1.807, 2.05) is 35.8 Å². The summed E-state index contributed by atoms with van der Waals surface area (Å²) in [4.78, 5) is 28.2. The van der Waals surface area contributed by atoms with Crippen molar-refractivity contribution in [1.82, 2.24) is 24.2 Å². The van der Waals surface area contributed by atoms with E-state index < -0.39 is 0 Å².